The number of esters is 1. The Labute approximate surface area is 163 Å². The van der Waals surface area contributed by atoms with Crippen molar-refractivity contribution in [2.24, 2.45) is 0 Å². The highest BCUT2D eigenvalue weighted by Crippen LogP contribution is 2.31. The molecule has 0 aliphatic carbocycles. The third kappa shape index (κ3) is 5.39. The zero-order chi connectivity index (χ0) is 19.8. The lowest BCUT2D eigenvalue weighted by Crippen LogP contribution is -2.34. The summed E-state index contributed by atoms with van der Waals surface area (Å²) in [4.78, 5) is 25.8. The van der Waals surface area contributed by atoms with E-state index in [2.05, 4.69) is 0 Å². The van der Waals surface area contributed by atoms with Gasteiger partial charge >= 0.3 is 5.97 Å². The van der Waals surface area contributed by atoms with E-state index in [4.69, 9.17) is 18.9 Å². The average Bonchev–Trinajstić information content (AvgIpc) is 2.75. The Hall–Kier alpha value is -3.22. The molecule has 0 fully saturated rings. The fourth-order valence-electron chi connectivity index (χ4n) is 2.72. The molecule has 1 aliphatic rings. The van der Waals surface area contributed by atoms with E-state index in [1.165, 1.54) is 0 Å². The number of carbonyl (C=O) groups excluding carboxylic acids is 2. The molecule has 0 N–H and O–H groups in total. The molecule has 0 saturated heterocycles. The Morgan fingerprint density at radius 3 is 2.50 bits per heavy atom. The number of likely N-dealkylation sites (N-methyl/N-ethyl adjacent to an activating group) is 1. The zero-order valence-electron chi connectivity index (χ0n) is 15.8. The van der Waals surface area contributed by atoms with Crippen molar-refractivity contribution in [2.75, 3.05) is 33.0 Å². The Kier molecular flexibility index (Phi) is 6.73. The van der Waals surface area contributed by atoms with Gasteiger partial charge in [-0.25, -0.2) is 4.79 Å². The summed E-state index contributed by atoms with van der Waals surface area (Å²) in [6.45, 7) is 3.23. The van der Waals surface area contributed by atoms with Crippen molar-refractivity contribution in [3.8, 4) is 17.2 Å². The first-order valence-electron chi connectivity index (χ1n) is 9.15. The molecule has 0 unspecified atom stereocenters. The van der Waals surface area contributed by atoms with Crippen LogP contribution in [0.25, 0.3) is 0 Å². The van der Waals surface area contributed by atoms with Crippen LogP contribution in [0.1, 0.15) is 12.5 Å². The SMILES string of the molecule is CCN(Cc1ccc2c(c1)OCCO2)C(=O)COC(=O)COc1ccccc1. The minimum atomic E-state index is -0.590. The first-order valence-corrected chi connectivity index (χ1v) is 9.15. The molecule has 2 aromatic carbocycles. The van der Waals surface area contributed by atoms with E-state index in [0.717, 1.165) is 5.56 Å². The van der Waals surface area contributed by atoms with Crippen molar-refractivity contribution in [3.63, 3.8) is 0 Å². The quantitative estimate of drug-likeness (QED) is 0.650. The molecule has 1 heterocycles. The second-order valence-corrected chi connectivity index (χ2v) is 6.15. The molecular formula is C21H23NO6. The molecule has 1 aliphatic heterocycles. The summed E-state index contributed by atoms with van der Waals surface area (Å²) in [6, 6.07) is 14.5. The molecule has 0 saturated carbocycles. The van der Waals surface area contributed by atoms with E-state index >= 15 is 0 Å². The summed E-state index contributed by atoms with van der Waals surface area (Å²) in [5, 5.41) is 0. The van der Waals surface area contributed by atoms with E-state index in [9.17, 15) is 9.59 Å². The van der Waals surface area contributed by atoms with Crippen molar-refractivity contribution < 1.29 is 28.5 Å². The average molecular weight is 385 g/mol. The summed E-state index contributed by atoms with van der Waals surface area (Å²) >= 11 is 0. The standard InChI is InChI=1S/C21H23NO6/c1-2-22(13-16-8-9-18-19(12-16)26-11-10-25-18)20(23)14-28-21(24)15-27-17-6-4-3-5-7-17/h3-9,12H,2,10-11,13-15H2,1H3. The summed E-state index contributed by atoms with van der Waals surface area (Å²) in [6.07, 6.45) is 0. The number of hydrogen-bond acceptors (Lipinski definition) is 6. The molecule has 7 heteroatoms. The van der Waals surface area contributed by atoms with Crippen LogP contribution in [0, 0.1) is 0 Å². The molecule has 0 spiro atoms. The zero-order valence-corrected chi connectivity index (χ0v) is 15.8. The van der Waals surface area contributed by atoms with Gasteiger partial charge in [-0.15, -0.1) is 0 Å². The van der Waals surface area contributed by atoms with E-state index < -0.39 is 5.97 Å². The third-order valence-electron chi connectivity index (χ3n) is 4.17. The highest BCUT2D eigenvalue weighted by molar-refractivity contribution is 5.81. The fraction of sp³-hybridized carbons (Fsp3) is 0.333. The minimum Gasteiger partial charge on any atom is -0.486 e. The summed E-state index contributed by atoms with van der Waals surface area (Å²) in [5.41, 5.74) is 0.915. The van der Waals surface area contributed by atoms with Crippen molar-refractivity contribution in [1.29, 1.82) is 0 Å². The third-order valence-corrected chi connectivity index (χ3v) is 4.17. The van der Waals surface area contributed by atoms with E-state index in [0.29, 0.717) is 43.6 Å². The normalized spacial score (nSPS) is 12.2. The van der Waals surface area contributed by atoms with Crippen LogP contribution in [-0.4, -0.2) is 49.7 Å². The highest BCUT2D eigenvalue weighted by Gasteiger charge is 2.17. The van der Waals surface area contributed by atoms with Crippen molar-refractivity contribution in [1.82, 2.24) is 4.90 Å². The summed E-state index contributed by atoms with van der Waals surface area (Å²) in [7, 11) is 0. The maximum Gasteiger partial charge on any atom is 0.344 e. The molecule has 0 bridgehead atoms. The van der Waals surface area contributed by atoms with E-state index in [-0.39, 0.29) is 19.1 Å². The molecule has 0 radical (unpaired) electrons. The fourth-order valence-corrected chi connectivity index (χ4v) is 2.72. The van der Waals surface area contributed by atoms with E-state index in [1.807, 2.05) is 31.2 Å². The first kappa shape index (κ1) is 19.5. The van der Waals surface area contributed by atoms with Crippen LogP contribution in [0.3, 0.4) is 0 Å². The van der Waals surface area contributed by atoms with Gasteiger partial charge in [-0.2, -0.15) is 0 Å². The number of para-hydroxylation sites is 1. The van der Waals surface area contributed by atoms with Gasteiger partial charge in [-0.05, 0) is 36.8 Å². The van der Waals surface area contributed by atoms with Crippen LogP contribution in [0.2, 0.25) is 0 Å². The number of fused-ring (bicyclic) bond motifs is 1. The lowest BCUT2D eigenvalue weighted by Gasteiger charge is -2.23. The molecular weight excluding hydrogens is 362 g/mol. The van der Waals surface area contributed by atoms with Gasteiger partial charge < -0.3 is 23.8 Å². The molecule has 1 amide bonds. The van der Waals surface area contributed by atoms with Gasteiger partial charge in [-0.1, -0.05) is 24.3 Å². The largest absolute Gasteiger partial charge is 0.486 e. The van der Waals surface area contributed by atoms with Gasteiger partial charge in [0.2, 0.25) is 0 Å². The number of hydrogen-bond donors (Lipinski definition) is 0. The van der Waals surface area contributed by atoms with Crippen LogP contribution >= 0.6 is 0 Å². The lowest BCUT2D eigenvalue weighted by atomic mass is 10.2. The number of amides is 1. The molecule has 2 aromatic rings. The molecule has 7 nitrogen and oxygen atoms in total. The number of ether oxygens (including phenoxy) is 4. The molecule has 148 valence electrons. The minimum absolute atomic E-state index is 0.244. The number of nitrogens with zero attached hydrogens (tertiary/aromatic N) is 1. The van der Waals surface area contributed by atoms with Gasteiger partial charge in [0.25, 0.3) is 5.91 Å². The second kappa shape index (κ2) is 9.64. The van der Waals surface area contributed by atoms with Crippen LogP contribution in [0.4, 0.5) is 0 Å². The lowest BCUT2D eigenvalue weighted by molar-refractivity contribution is -0.153. The molecule has 3 rings (SSSR count). The van der Waals surface area contributed by atoms with Gasteiger partial charge in [0.05, 0.1) is 0 Å². The maximum absolute atomic E-state index is 12.4. The molecule has 28 heavy (non-hydrogen) atoms. The van der Waals surface area contributed by atoms with E-state index in [1.54, 1.807) is 29.2 Å². The highest BCUT2D eigenvalue weighted by atomic mass is 16.6. The van der Waals surface area contributed by atoms with Gasteiger partial charge in [-0.3, -0.25) is 4.79 Å². The van der Waals surface area contributed by atoms with Crippen LogP contribution in [0.5, 0.6) is 17.2 Å². The van der Waals surface area contributed by atoms with Crippen molar-refractivity contribution >= 4 is 11.9 Å². The summed E-state index contributed by atoms with van der Waals surface area (Å²) in [5.74, 6) is 1.09. The predicted molar refractivity (Wildman–Crippen MR) is 101 cm³/mol. The second-order valence-electron chi connectivity index (χ2n) is 6.15. The smallest absolute Gasteiger partial charge is 0.344 e. The monoisotopic (exact) mass is 385 g/mol. The van der Waals surface area contributed by atoms with Gasteiger partial charge in [0.1, 0.15) is 19.0 Å². The molecule has 0 atom stereocenters. The Morgan fingerprint density at radius 1 is 1.00 bits per heavy atom. The number of carbonyl (C=O) groups is 2. The van der Waals surface area contributed by atoms with Crippen LogP contribution < -0.4 is 14.2 Å². The van der Waals surface area contributed by atoms with Crippen LogP contribution in [-0.2, 0) is 20.9 Å². The van der Waals surface area contributed by atoms with Crippen molar-refractivity contribution in [3.05, 3.63) is 54.1 Å². The van der Waals surface area contributed by atoms with Gasteiger partial charge in [0.15, 0.2) is 24.7 Å². The first-order chi connectivity index (χ1) is 13.7. The Morgan fingerprint density at radius 2 is 1.75 bits per heavy atom. The number of benzene rings is 2. The van der Waals surface area contributed by atoms with Gasteiger partial charge in [0, 0.05) is 13.1 Å². The topological polar surface area (TPSA) is 74.3 Å². The number of rotatable bonds is 8. The molecule has 0 aromatic heterocycles. The Balaban J connectivity index is 1.47. The Bertz CT molecular complexity index is 808. The van der Waals surface area contributed by atoms with Crippen LogP contribution in [0.15, 0.2) is 48.5 Å². The maximum atomic E-state index is 12.4. The summed E-state index contributed by atoms with van der Waals surface area (Å²) < 4.78 is 21.4. The van der Waals surface area contributed by atoms with Crippen molar-refractivity contribution in [2.45, 2.75) is 13.5 Å². The predicted octanol–water partition coefficient (Wildman–Crippen LogP) is 2.43.